The minimum absolute atomic E-state index is 0.629. The van der Waals surface area contributed by atoms with E-state index in [9.17, 15) is 0 Å². The monoisotopic (exact) mass is 236 g/mol. The van der Waals surface area contributed by atoms with Crippen molar-refractivity contribution in [3.63, 3.8) is 0 Å². The molecule has 0 aliphatic carbocycles. The third kappa shape index (κ3) is 2.11. The largest absolute Gasteiger partial charge is 0.495 e. The summed E-state index contributed by atoms with van der Waals surface area (Å²) in [6.45, 7) is 0. The molecule has 0 unspecified atom stereocenters. The van der Waals surface area contributed by atoms with E-state index in [0.29, 0.717) is 11.4 Å². The molecule has 0 atom stereocenters. The maximum atomic E-state index is 5.74. The minimum Gasteiger partial charge on any atom is -0.495 e. The number of methoxy groups -OCH3 is 1. The van der Waals surface area contributed by atoms with Crippen LogP contribution in [0.4, 0.5) is 5.69 Å². The summed E-state index contributed by atoms with van der Waals surface area (Å²) in [7, 11) is 3.45. The van der Waals surface area contributed by atoms with Crippen LogP contribution in [0.2, 0.25) is 0 Å². The maximum Gasteiger partial charge on any atom is 0.190 e. The molecule has 0 saturated carbocycles. The van der Waals surface area contributed by atoms with Crippen LogP contribution in [0.1, 0.15) is 0 Å². The molecule has 0 bridgehead atoms. The number of nitrogens with zero attached hydrogens (tertiary/aromatic N) is 3. The standard InChI is InChI=1S/C10H12N4OS/c1-14-10(12-6-13-14)16-7-3-4-8(11)9(5-7)15-2/h3-6H,11H2,1-2H3. The van der Waals surface area contributed by atoms with Crippen molar-refractivity contribution in [2.75, 3.05) is 12.8 Å². The highest BCUT2D eigenvalue weighted by Gasteiger charge is 2.06. The first-order valence-electron chi connectivity index (χ1n) is 4.66. The Kier molecular flexibility index (Phi) is 3.00. The molecule has 84 valence electrons. The van der Waals surface area contributed by atoms with Crippen molar-refractivity contribution < 1.29 is 4.74 Å². The molecule has 0 spiro atoms. The molecule has 0 radical (unpaired) electrons. The Morgan fingerprint density at radius 3 is 2.88 bits per heavy atom. The van der Waals surface area contributed by atoms with Gasteiger partial charge in [-0.3, -0.25) is 0 Å². The van der Waals surface area contributed by atoms with Crippen LogP contribution in [0.3, 0.4) is 0 Å². The molecule has 2 rings (SSSR count). The van der Waals surface area contributed by atoms with E-state index in [-0.39, 0.29) is 0 Å². The SMILES string of the molecule is COc1cc(Sc2ncnn2C)ccc1N. The van der Waals surface area contributed by atoms with Crippen LogP contribution in [-0.4, -0.2) is 21.9 Å². The topological polar surface area (TPSA) is 66.0 Å². The maximum absolute atomic E-state index is 5.74. The van der Waals surface area contributed by atoms with E-state index in [1.807, 2.05) is 25.2 Å². The molecular weight excluding hydrogens is 224 g/mol. The van der Waals surface area contributed by atoms with Crippen molar-refractivity contribution in [2.24, 2.45) is 7.05 Å². The number of hydrogen-bond donors (Lipinski definition) is 1. The van der Waals surface area contributed by atoms with Crippen LogP contribution >= 0.6 is 11.8 Å². The van der Waals surface area contributed by atoms with E-state index in [2.05, 4.69) is 10.1 Å². The lowest BCUT2D eigenvalue weighted by Crippen LogP contribution is -1.94. The van der Waals surface area contributed by atoms with E-state index in [4.69, 9.17) is 10.5 Å². The molecule has 1 heterocycles. The fourth-order valence-corrected chi connectivity index (χ4v) is 2.03. The summed E-state index contributed by atoms with van der Waals surface area (Å²) in [5.41, 5.74) is 6.37. The van der Waals surface area contributed by atoms with Crippen molar-refractivity contribution in [2.45, 2.75) is 10.1 Å². The Morgan fingerprint density at radius 2 is 2.25 bits per heavy atom. The zero-order valence-electron chi connectivity index (χ0n) is 9.04. The number of benzene rings is 1. The number of nitrogen functional groups attached to an aromatic ring is 1. The molecule has 1 aromatic carbocycles. The van der Waals surface area contributed by atoms with E-state index in [0.717, 1.165) is 10.1 Å². The summed E-state index contributed by atoms with van der Waals surface area (Å²) in [6.07, 6.45) is 1.52. The van der Waals surface area contributed by atoms with Crippen molar-refractivity contribution in [1.82, 2.24) is 14.8 Å². The van der Waals surface area contributed by atoms with Crippen LogP contribution in [0.25, 0.3) is 0 Å². The lowest BCUT2D eigenvalue weighted by Gasteiger charge is -2.06. The predicted octanol–water partition coefficient (Wildman–Crippen LogP) is 1.56. The van der Waals surface area contributed by atoms with Gasteiger partial charge in [0.05, 0.1) is 12.8 Å². The van der Waals surface area contributed by atoms with Gasteiger partial charge in [0, 0.05) is 11.9 Å². The lowest BCUT2D eigenvalue weighted by molar-refractivity contribution is 0.416. The second-order valence-electron chi connectivity index (χ2n) is 3.17. The number of anilines is 1. The van der Waals surface area contributed by atoms with Crippen LogP contribution in [0.15, 0.2) is 34.6 Å². The molecule has 0 aliphatic heterocycles. The summed E-state index contributed by atoms with van der Waals surface area (Å²) in [4.78, 5) is 5.15. The average Bonchev–Trinajstić information content (AvgIpc) is 2.67. The van der Waals surface area contributed by atoms with Gasteiger partial charge in [-0.25, -0.2) is 9.67 Å². The molecule has 2 aromatic rings. The molecule has 5 nitrogen and oxygen atoms in total. The normalized spacial score (nSPS) is 10.4. The van der Waals surface area contributed by atoms with Gasteiger partial charge in [-0.05, 0) is 18.2 Å². The van der Waals surface area contributed by atoms with Crippen molar-refractivity contribution >= 4 is 17.4 Å². The number of nitrogens with two attached hydrogens (primary N) is 1. The van der Waals surface area contributed by atoms with Crippen LogP contribution in [-0.2, 0) is 7.05 Å². The van der Waals surface area contributed by atoms with E-state index >= 15 is 0 Å². The number of ether oxygens (including phenoxy) is 1. The molecule has 1 aromatic heterocycles. The summed E-state index contributed by atoms with van der Waals surface area (Å²) in [5, 5.41) is 4.83. The Morgan fingerprint density at radius 1 is 1.44 bits per heavy atom. The first-order valence-corrected chi connectivity index (χ1v) is 5.47. The molecule has 0 saturated heterocycles. The summed E-state index contributed by atoms with van der Waals surface area (Å²) in [5.74, 6) is 0.673. The second-order valence-corrected chi connectivity index (χ2v) is 4.21. The van der Waals surface area contributed by atoms with Crippen LogP contribution in [0.5, 0.6) is 5.75 Å². The molecule has 0 aliphatic rings. The Labute approximate surface area is 97.6 Å². The van der Waals surface area contributed by atoms with Gasteiger partial charge < -0.3 is 10.5 Å². The van der Waals surface area contributed by atoms with Gasteiger partial charge in [-0.2, -0.15) is 5.10 Å². The number of aryl methyl sites for hydroxylation is 1. The predicted molar refractivity (Wildman–Crippen MR) is 62.5 cm³/mol. The van der Waals surface area contributed by atoms with Crippen molar-refractivity contribution in [3.8, 4) is 5.75 Å². The number of rotatable bonds is 3. The van der Waals surface area contributed by atoms with Gasteiger partial charge in [0.2, 0.25) is 0 Å². The fourth-order valence-electron chi connectivity index (χ4n) is 1.24. The molecule has 16 heavy (non-hydrogen) atoms. The second kappa shape index (κ2) is 4.44. The van der Waals surface area contributed by atoms with Gasteiger partial charge in [-0.15, -0.1) is 0 Å². The van der Waals surface area contributed by atoms with Gasteiger partial charge in [0.1, 0.15) is 12.1 Å². The average molecular weight is 236 g/mol. The molecule has 6 heteroatoms. The molecular formula is C10H12N4OS. The summed E-state index contributed by atoms with van der Waals surface area (Å²) >= 11 is 1.51. The van der Waals surface area contributed by atoms with Gasteiger partial charge >= 0.3 is 0 Å². The zero-order chi connectivity index (χ0) is 11.5. The summed E-state index contributed by atoms with van der Waals surface area (Å²) in [6, 6.07) is 5.63. The van der Waals surface area contributed by atoms with Crippen LogP contribution < -0.4 is 10.5 Å². The third-order valence-corrected chi connectivity index (χ3v) is 3.13. The number of aromatic nitrogens is 3. The van der Waals surface area contributed by atoms with Crippen molar-refractivity contribution in [3.05, 3.63) is 24.5 Å². The van der Waals surface area contributed by atoms with Crippen molar-refractivity contribution in [1.29, 1.82) is 0 Å². The Bertz CT molecular complexity index is 497. The van der Waals surface area contributed by atoms with Gasteiger partial charge in [0.25, 0.3) is 0 Å². The van der Waals surface area contributed by atoms with E-state index < -0.39 is 0 Å². The first kappa shape index (κ1) is 10.8. The first-order chi connectivity index (χ1) is 7.70. The molecule has 0 fully saturated rings. The van der Waals surface area contributed by atoms with E-state index in [1.54, 1.807) is 11.8 Å². The Balaban J connectivity index is 2.25. The zero-order valence-corrected chi connectivity index (χ0v) is 9.86. The Hall–Kier alpha value is -1.69. The fraction of sp³-hybridized carbons (Fsp3) is 0.200. The minimum atomic E-state index is 0.629. The lowest BCUT2D eigenvalue weighted by atomic mass is 10.3. The third-order valence-electron chi connectivity index (χ3n) is 2.08. The van der Waals surface area contributed by atoms with Gasteiger partial charge in [0.15, 0.2) is 5.16 Å². The van der Waals surface area contributed by atoms with E-state index in [1.165, 1.54) is 18.1 Å². The molecule has 0 amide bonds. The smallest absolute Gasteiger partial charge is 0.190 e. The van der Waals surface area contributed by atoms with Gasteiger partial charge in [-0.1, -0.05) is 11.8 Å². The van der Waals surface area contributed by atoms with Crippen LogP contribution in [0, 0.1) is 0 Å². The highest BCUT2D eigenvalue weighted by Crippen LogP contribution is 2.31. The number of hydrogen-bond acceptors (Lipinski definition) is 5. The molecule has 2 N–H and O–H groups in total. The highest BCUT2D eigenvalue weighted by atomic mass is 32.2. The quantitative estimate of drug-likeness (QED) is 0.819. The highest BCUT2D eigenvalue weighted by molar-refractivity contribution is 7.99. The summed E-state index contributed by atoms with van der Waals surface area (Å²) < 4.78 is 6.87.